The number of rotatable bonds is 61. The van der Waals surface area contributed by atoms with Crippen LogP contribution in [0.25, 0.3) is 0 Å². The molecule has 0 aromatic carbocycles. The van der Waals surface area contributed by atoms with Gasteiger partial charge in [0.2, 0.25) is 0 Å². The van der Waals surface area contributed by atoms with Gasteiger partial charge in [-0.2, -0.15) is 0 Å². The minimum atomic E-state index is -0.762. The van der Waals surface area contributed by atoms with Crippen LogP contribution < -0.4 is 0 Å². The van der Waals surface area contributed by atoms with E-state index in [1.807, 2.05) is 0 Å². The van der Waals surface area contributed by atoms with Gasteiger partial charge in [0.25, 0.3) is 0 Å². The monoisotopic (exact) mass is 1000 g/mol. The lowest BCUT2D eigenvalue weighted by atomic mass is 10.0. The van der Waals surface area contributed by atoms with E-state index in [1.165, 1.54) is 283 Å². The zero-order chi connectivity index (χ0) is 51.4. The summed E-state index contributed by atoms with van der Waals surface area (Å²) in [6.07, 6.45) is 69.6. The number of hydrogen-bond acceptors (Lipinski definition) is 6. The molecule has 0 spiro atoms. The highest BCUT2D eigenvalue weighted by molar-refractivity contribution is 5.71. The maximum absolute atomic E-state index is 12.9. The fourth-order valence-corrected chi connectivity index (χ4v) is 10.2. The maximum atomic E-state index is 12.9. The van der Waals surface area contributed by atoms with Gasteiger partial charge in [-0.05, 0) is 19.3 Å². The predicted octanol–water partition coefficient (Wildman–Crippen LogP) is 21.9. The van der Waals surface area contributed by atoms with Crippen molar-refractivity contribution in [2.75, 3.05) is 13.2 Å². The van der Waals surface area contributed by atoms with E-state index in [0.29, 0.717) is 19.3 Å². The molecule has 422 valence electrons. The largest absolute Gasteiger partial charge is 0.462 e. The smallest absolute Gasteiger partial charge is 0.306 e. The Morgan fingerprint density at radius 3 is 0.563 bits per heavy atom. The van der Waals surface area contributed by atoms with E-state index < -0.39 is 6.10 Å². The lowest BCUT2D eigenvalue weighted by Crippen LogP contribution is -2.30. The summed E-state index contributed by atoms with van der Waals surface area (Å²) in [5, 5.41) is 0. The summed E-state index contributed by atoms with van der Waals surface area (Å²) in [6, 6.07) is 0. The number of hydrogen-bond donors (Lipinski definition) is 0. The van der Waals surface area contributed by atoms with Gasteiger partial charge in [0.1, 0.15) is 13.2 Å². The standard InChI is InChI=1S/C65H126O6/c1-4-7-10-13-16-19-22-25-28-30-32-34-37-40-43-46-49-52-55-58-64(67)70-61-62(60-69-63(66)57-54-51-48-45-42-39-36-27-24-21-18-15-12-9-6-3)71-65(68)59-56-53-50-47-44-41-38-35-33-31-29-26-23-20-17-14-11-8-5-2/h62H,4-61H2,1-3H3. The Hall–Kier alpha value is -1.59. The Balaban J connectivity index is 4.27. The summed E-state index contributed by atoms with van der Waals surface area (Å²) in [5.41, 5.74) is 0. The second-order valence-corrected chi connectivity index (χ2v) is 22.4. The molecule has 6 nitrogen and oxygen atoms in total. The van der Waals surface area contributed by atoms with Gasteiger partial charge in [0, 0.05) is 19.3 Å². The number of ether oxygens (including phenoxy) is 3. The molecule has 0 aliphatic rings. The van der Waals surface area contributed by atoms with Crippen molar-refractivity contribution >= 4 is 17.9 Å². The highest BCUT2D eigenvalue weighted by atomic mass is 16.6. The predicted molar refractivity (Wildman–Crippen MR) is 307 cm³/mol. The summed E-state index contributed by atoms with van der Waals surface area (Å²) < 4.78 is 17.0. The zero-order valence-electron chi connectivity index (χ0n) is 48.5. The molecule has 0 fully saturated rings. The van der Waals surface area contributed by atoms with Crippen LogP contribution in [-0.4, -0.2) is 37.2 Å². The number of carbonyl (C=O) groups is 3. The number of carbonyl (C=O) groups excluding carboxylic acids is 3. The molecule has 0 N–H and O–H groups in total. The molecule has 0 saturated carbocycles. The molecule has 6 heteroatoms. The van der Waals surface area contributed by atoms with Gasteiger partial charge in [-0.15, -0.1) is 0 Å². The first-order chi connectivity index (χ1) is 35.0. The normalized spacial score (nSPS) is 11.9. The van der Waals surface area contributed by atoms with Crippen LogP contribution in [0.3, 0.4) is 0 Å². The van der Waals surface area contributed by atoms with Crippen LogP contribution in [0.1, 0.15) is 380 Å². The van der Waals surface area contributed by atoms with Crippen molar-refractivity contribution in [1.82, 2.24) is 0 Å². The third-order valence-electron chi connectivity index (χ3n) is 15.1. The molecule has 1 unspecified atom stereocenters. The Bertz CT molecular complexity index is 1060. The van der Waals surface area contributed by atoms with Crippen molar-refractivity contribution in [3.63, 3.8) is 0 Å². The van der Waals surface area contributed by atoms with Gasteiger partial charge >= 0.3 is 17.9 Å². The molecule has 0 amide bonds. The van der Waals surface area contributed by atoms with Crippen molar-refractivity contribution in [1.29, 1.82) is 0 Å². The Kier molecular flexibility index (Phi) is 59.6. The molecule has 0 aliphatic heterocycles. The molecule has 0 radical (unpaired) electrons. The quantitative estimate of drug-likeness (QED) is 0.0343. The fourth-order valence-electron chi connectivity index (χ4n) is 10.2. The van der Waals surface area contributed by atoms with E-state index >= 15 is 0 Å². The SMILES string of the molecule is CCCCCCCCCCCCCCCCCCCCCC(=O)OCC(COC(=O)CCCCCCCCCCCCCCCCC)OC(=O)CCCCCCCCCCCCCCCCCCCCC. The van der Waals surface area contributed by atoms with E-state index in [0.717, 1.165) is 57.8 Å². The summed E-state index contributed by atoms with van der Waals surface area (Å²) in [7, 11) is 0. The third-order valence-corrected chi connectivity index (χ3v) is 15.1. The van der Waals surface area contributed by atoms with Gasteiger partial charge in [0.15, 0.2) is 6.10 Å². The molecule has 0 bridgehead atoms. The van der Waals surface area contributed by atoms with E-state index in [1.54, 1.807) is 0 Å². The summed E-state index contributed by atoms with van der Waals surface area (Å²) in [4.78, 5) is 38.3. The topological polar surface area (TPSA) is 78.9 Å². The van der Waals surface area contributed by atoms with E-state index in [4.69, 9.17) is 14.2 Å². The molecule has 0 saturated heterocycles. The molecule has 0 aliphatic carbocycles. The molecule has 1 atom stereocenters. The summed E-state index contributed by atoms with van der Waals surface area (Å²) in [5.74, 6) is -0.823. The van der Waals surface area contributed by atoms with Crippen molar-refractivity contribution < 1.29 is 28.6 Å². The van der Waals surface area contributed by atoms with Crippen LogP contribution in [0.2, 0.25) is 0 Å². The van der Waals surface area contributed by atoms with Crippen molar-refractivity contribution in [2.45, 2.75) is 386 Å². The van der Waals surface area contributed by atoms with E-state index in [2.05, 4.69) is 20.8 Å². The van der Waals surface area contributed by atoms with Gasteiger partial charge < -0.3 is 14.2 Å². The van der Waals surface area contributed by atoms with Crippen molar-refractivity contribution in [3.05, 3.63) is 0 Å². The van der Waals surface area contributed by atoms with Gasteiger partial charge in [0.05, 0.1) is 0 Å². The molecular formula is C65H126O6. The molecule has 0 rings (SSSR count). The van der Waals surface area contributed by atoms with E-state index in [-0.39, 0.29) is 31.1 Å². The maximum Gasteiger partial charge on any atom is 0.306 e. The summed E-state index contributed by atoms with van der Waals surface area (Å²) in [6.45, 7) is 6.73. The Morgan fingerprint density at radius 1 is 0.225 bits per heavy atom. The van der Waals surface area contributed by atoms with Gasteiger partial charge in [-0.25, -0.2) is 0 Å². The average Bonchev–Trinajstić information content (AvgIpc) is 3.37. The molecule has 0 heterocycles. The highest BCUT2D eigenvalue weighted by Crippen LogP contribution is 2.19. The third kappa shape index (κ3) is 59.2. The Labute approximate surface area is 444 Å². The fraction of sp³-hybridized carbons (Fsp3) is 0.954. The highest BCUT2D eigenvalue weighted by Gasteiger charge is 2.19. The van der Waals surface area contributed by atoms with Crippen LogP contribution >= 0.6 is 0 Å². The average molecular weight is 1000 g/mol. The lowest BCUT2D eigenvalue weighted by Gasteiger charge is -2.18. The molecule has 0 aromatic heterocycles. The number of esters is 3. The van der Waals surface area contributed by atoms with E-state index in [9.17, 15) is 14.4 Å². The zero-order valence-corrected chi connectivity index (χ0v) is 48.5. The van der Waals surface area contributed by atoms with Crippen LogP contribution in [0, 0.1) is 0 Å². The lowest BCUT2D eigenvalue weighted by molar-refractivity contribution is -0.167. The summed E-state index contributed by atoms with van der Waals surface area (Å²) >= 11 is 0. The Morgan fingerprint density at radius 2 is 0.380 bits per heavy atom. The first kappa shape index (κ1) is 69.4. The molecular weight excluding hydrogens is 877 g/mol. The van der Waals surface area contributed by atoms with Crippen molar-refractivity contribution in [2.24, 2.45) is 0 Å². The van der Waals surface area contributed by atoms with Crippen LogP contribution in [0.15, 0.2) is 0 Å². The van der Waals surface area contributed by atoms with Crippen molar-refractivity contribution in [3.8, 4) is 0 Å². The second kappa shape index (κ2) is 61.0. The van der Waals surface area contributed by atoms with Gasteiger partial charge in [-0.1, -0.05) is 342 Å². The van der Waals surface area contributed by atoms with Crippen LogP contribution in [0.5, 0.6) is 0 Å². The first-order valence-corrected chi connectivity index (χ1v) is 32.5. The number of unbranched alkanes of at least 4 members (excludes halogenated alkanes) is 50. The first-order valence-electron chi connectivity index (χ1n) is 32.5. The molecule has 71 heavy (non-hydrogen) atoms. The van der Waals surface area contributed by atoms with Crippen LogP contribution in [0.4, 0.5) is 0 Å². The minimum Gasteiger partial charge on any atom is -0.462 e. The van der Waals surface area contributed by atoms with Gasteiger partial charge in [-0.3, -0.25) is 14.4 Å². The van der Waals surface area contributed by atoms with Crippen LogP contribution in [-0.2, 0) is 28.6 Å². The minimum absolute atomic E-state index is 0.0604. The molecule has 0 aromatic rings. The second-order valence-electron chi connectivity index (χ2n) is 22.4.